The Labute approximate surface area is 134 Å². The molecule has 1 aromatic carbocycles. The Morgan fingerprint density at radius 3 is 2.50 bits per heavy atom. The van der Waals surface area contributed by atoms with E-state index in [-0.39, 0.29) is 5.91 Å². The second-order valence-electron chi connectivity index (χ2n) is 6.51. The van der Waals surface area contributed by atoms with Gasteiger partial charge in [-0.3, -0.25) is 4.79 Å². The number of hydrogen-bond acceptors (Lipinski definition) is 2. The summed E-state index contributed by atoms with van der Waals surface area (Å²) in [6.45, 7) is 5.08. The van der Waals surface area contributed by atoms with Crippen LogP contribution >= 0.6 is 0 Å². The van der Waals surface area contributed by atoms with E-state index >= 15 is 0 Å². The summed E-state index contributed by atoms with van der Waals surface area (Å²) >= 11 is 0. The number of allylic oxidation sites excluding steroid dienone is 1. The largest absolute Gasteiger partial charge is 0.385 e. The summed E-state index contributed by atoms with van der Waals surface area (Å²) in [5.41, 5.74) is 3.57. The molecule has 2 N–H and O–H groups in total. The third-order valence-electron chi connectivity index (χ3n) is 3.92. The third-order valence-corrected chi connectivity index (χ3v) is 3.92. The highest BCUT2D eigenvalue weighted by Crippen LogP contribution is 2.20. The zero-order valence-electron chi connectivity index (χ0n) is 13.8. The molecule has 3 nitrogen and oxygen atoms in total. The molecule has 0 saturated carbocycles. The van der Waals surface area contributed by atoms with Crippen molar-refractivity contribution < 1.29 is 4.79 Å². The molecule has 0 aromatic heterocycles. The minimum atomic E-state index is 0.0833. The van der Waals surface area contributed by atoms with Gasteiger partial charge in [-0.1, -0.05) is 25.5 Å². The SMILES string of the molecule is CC(C)CC(=O)Nc1ccc(NCCC2=CCCCC2)cc1. The lowest BCUT2D eigenvalue weighted by Crippen LogP contribution is -2.13. The summed E-state index contributed by atoms with van der Waals surface area (Å²) in [5, 5.41) is 6.38. The molecule has 1 aliphatic rings. The highest BCUT2D eigenvalue weighted by atomic mass is 16.1. The van der Waals surface area contributed by atoms with Crippen molar-refractivity contribution in [2.45, 2.75) is 52.4 Å². The molecule has 0 heterocycles. The Kier molecular flexibility index (Phi) is 6.50. The molecule has 1 amide bonds. The molecule has 22 heavy (non-hydrogen) atoms. The van der Waals surface area contributed by atoms with Gasteiger partial charge >= 0.3 is 0 Å². The number of anilines is 2. The smallest absolute Gasteiger partial charge is 0.224 e. The minimum absolute atomic E-state index is 0.0833. The van der Waals surface area contributed by atoms with Crippen molar-refractivity contribution in [3.05, 3.63) is 35.9 Å². The van der Waals surface area contributed by atoms with Gasteiger partial charge in [0.25, 0.3) is 0 Å². The van der Waals surface area contributed by atoms with E-state index in [4.69, 9.17) is 0 Å². The fraction of sp³-hybridized carbons (Fsp3) is 0.526. The molecular formula is C19H28N2O. The summed E-state index contributed by atoms with van der Waals surface area (Å²) in [4.78, 5) is 11.7. The molecule has 0 radical (unpaired) electrons. The summed E-state index contributed by atoms with van der Waals surface area (Å²) in [6.07, 6.45) is 9.31. The number of nitrogens with one attached hydrogen (secondary N) is 2. The summed E-state index contributed by atoms with van der Waals surface area (Å²) < 4.78 is 0. The Bertz CT molecular complexity index is 503. The van der Waals surface area contributed by atoms with Crippen LogP contribution in [0.3, 0.4) is 0 Å². The zero-order chi connectivity index (χ0) is 15.8. The maximum atomic E-state index is 11.7. The number of benzene rings is 1. The van der Waals surface area contributed by atoms with Gasteiger partial charge in [0, 0.05) is 24.3 Å². The van der Waals surface area contributed by atoms with Crippen molar-refractivity contribution in [1.29, 1.82) is 0 Å². The second-order valence-corrected chi connectivity index (χ2v) is 6.51. The predicted molar refractivity (Wildman–Crippen MR) is 94.2 cm³/mol. The van der Waals surface area contributed by atoms with E-state index in [9.17, 15) is 4.79 Å². The molecule has 120 valence electrons. The zero-order valence-corrected chi connectivity index (χ0v) is 13.8. The van der Waals surface area contributed by atoms with Gasteiger partial charge in [0.1, 0.15) is 0 Å². The van der Waals surface area contributed by atoms with Crippen LogP contribution in [0, 0.1) is 5.92 Å². The summed E-state index contributed by atoms with van der Waals surface area (Å²) in [6, 6.07) is 7.97. The predicted octanol–water partition coefficient (Wildman–Crippen LogP) is 4.97. The highest BCUT2D eigenvalue weighted by molar-refractivity contribution is 5.90. The quantitative estimate of drug-likeness (QED) is 0.698. The van der Waals surface area contributed by atoms with Crippen LogP contribution in [-0.4, -0.2) is 12.5 Å². The van der Waals surface area contributed by atoms with Crippen LogP contribution in [0.5, 0.6) is 0 Å². The Hall–Kier alpha value is -1.77. The molecule has 3 heteroatoms. The number of amides is 1. The van der Waals surface area contributed by atoms with Gasteiger partial charge in [0.05, 0.1) is 0 Å². The molecule has 1 aromatic rings. The molecule has 0 bridgehead atoms. The van der Waals surface area contributed by atoms with E-state index in [1.54, 1.807) is 5.57 Å². The van der Waals surface area contributed by atoms with E-state index in [1.165, 1.54) is 25.7 Å². The molecule has 0 aliphatic heterocycles. The van der Waals surface area contributed by atoms with E-state index in [0.717, 1.165) is 24.3 Å². The molecule has 1 aliphatic carbocycles. The van der Waals surface area contributed by atoms with E-state index in [1.807, 2.05) is 38.1 Å². The first-order valence-electron chi connectivity index (χ1n) is 8.45. The minimum Gasteiger partial charge on any atom is -0.385 e. The van der Waals surface area contributed by atoms with Crippen molar-refractivity contribution in [2.24, 2.45) is 5.92 Å². The first kappa shape index (κ1) is 16.6. The highest BCUT2D eigenvalue weighted by Gasteiger charge is 2.05. The Balaban J connectivity index is 1.74. The van der Waals surface area contributed by atoms with Crippen LogP contribution in [0.4, 0.5) is 11.4 Å². The van der Waals surface area contributed by atoms with Gasteiger partial charge in [-0.15, -0.1) is 0 Å². The maximum Gasteiger partial charge on any atom is 0.224 e. The Morgan fingerprint density at radius 2 is 1.86 bits per heavy atom. The van der Waals surface area contributed by atoms with Crippen molar-refractivity contribution >= 4 is 17.3 Å². The molecule has 0 unspecified atom stereocenters. The maximum absolute atomic E-state index is 11.7. The number of hydrogen-bond donors (Lipinski definition) is 2. The van der Waals surface area contributed by atoms with Crippen molar-refractivity contribution in [3.8, 4) is 0 Å². The summed E-state index contributed by atoms with van der Waals surface area (Å²) in [7, 11) is 0. The topological polar surface area (TPSA) is 41.1 Å². The fourth-order valence-electron chi connectivity index (χ4n) is 2.75. The fourth-order valence-corrected chi connectivity index (χ4v) is 2.75. The molecule has 0 fully saturated rings. The van der Waals surface area contributed by atoms with E-state index < -0.39 is 0 Å². The van der Waals surface area contributed by atoms with Gasteiger partial charge in [-0.25, -0.2) is 0 Å². The normalized spacial score (nSPS) is 14.6. The lowest BCUT2D eigenvalue weighted by Gasteiger charge is -2.13. The lowest BCUT2D eigenvalue weighted by molar-refractivity contribution is -0.116. The standard InChI is InChI=1S/C19H28N2O/c1-15(2)14-19(22)21-18-10-8-17(9-11-18)20-13-12-16-6-4-3-5-7-16/h6,8-11,15,20H,3-5,7,12-14H2,1-2H3,(H,21,22). The van der Waals surface area contributed by atoms with Gasteiger partial charge in [0.15, 0.2) is 0 Å². The van der Waals surface area contributed by atoms with Gasteiger partial charge in [0.2, 0.25) is 5.91 Å². The average molecular weight is 300 g/mol. The molecule has 0 saturated heterocycles. The third kappa shape index (κ3) is 5.92. The Morgan fingerprint density at radius 1 is 1.14 bits per heavy atom. The van der Waals surface area contributed by atoms with Crippen LogP contribution in [0.1, 0.15) is 52.4 Å². The monoisotopic (exact) mass is 300 g/mol. The number of carbonyl (C=O) groups is 1. The van der Waals surface area contributed by atoms with Gasteiger partial charge < -0.3 is 10.6 Å². The first-order chi connectivity index (χ1) is 10.6. The van der Waals surface area contributed by atoms with Gasteiger partial charge in [-0.05, 0) is 62.3 Å². The van der Waals surface area contributed by atoms with E-state index in [2.05, 4.69) is 16.7 Å². The molecular weight excluding hydrogens is 272 g/mol. The van der Waals surface area contributed by atoms with Crippen LogP contribution in [0.15, 0.2) is 35.9 Å². The second kappa shape index (κ2) is 8.62. The van der Waals surface area contributed by atoms with Crippen molar-refractivity contribution in [3.63, 3.8) is 0 Å². The number of rotatable bonds is 7. The van der Waals surface area contributed by atoms with Crippen LogP contribution in [0.25, 0.3) is 0 Å². The van der Waals surface area contributed by atoms with Gasteiger partial charge in [-0.2, -0.15) is 0 Å². The number of carbonyl (C=O) groups excluding carboxylic acids is 1. The molecule has 0 spiro atoms. The van der Waals surface area contributed by atoms with Crippen LogP contribution in [0.2, 0.25) is 0 Å². The van der Waals surface area contributed by atoms with Crippen LogP contribution < -0.4 is 10.6 Å². The molecule has 2 rings (SSSR count). The lowest BCUT2D eigenvalue weighted by atomic mass is 9.97. The molecule has 0 atom stereocenters. The van der Waals surface area contributed by atoms with E-state index in [0.29, 0.717) is 12.3 Å². The van der Waals surface area contributed by atoms with Crippen LogP contribution in [-0.2, 0) is 4.79 Å². The average Bonchev–Trinajstić information content (AvgIpc) is 2.49. The van der Waals surface area contributed by atoms with Crippen molar-refractivity contribution in [2.75, 3.05) is 17.2 Å². The van der Waals surface area contributed by atoms with Crippen molar-refractivity contribution in [1.82, 2.24) is 0 Å². The summed E-state index contributed by atoms with van der Waals surface area (Å²) in [5.74, 6) is 0.468. The first-order valence-corrected chi connectivity index (χ1v) is 8.45.